The summed E-state index contributed by atoms with van der Waals surface area (Å²) in [5, 5.41) is 7.85. The van der Waals surface area contributed by atoms with E-state index in [1.807, 2.05) is 12.3 Å². The first-order valence-electron chi connectivity index (χ1n) is 8.77. The molecule has 0 aliphatic carbocycles. The molecule has 0 aliphatic heterocycles. The predicted molar refractivity (Wildman–Crippen MR) is 121 cm³/mol. The van der Waals surface area contributed by atoms with Crippen LogP contribution in [0.5, 0.6) is 0 Å². The molecule has 0 aliphatic rings. The Balaban J connectivity index is 0.00000338. The maximum atomic E-state index is 5.19. The van der Waals surface area contributed by atoms with Gasteiger partial charge in [0.15, 0.2) is 5.96 Å². The van der Waals surface area contributed by atoms with E-state index in [-0.39, 0.29) is 24.0 Å². The lowest BCUT2D eigenvalue weighted by Gasteiger charge is -2.11. The topological polar surface area (TPSA) is 58.5 Å². The molecule has 0 saturated heterocycles. The van der Waals surface area contributed by atoms with Crippen LogP contribution in [0.15, 0.2) is 35.5 Å². The molecule has 0 bridgehead atoms. The number of nitrogens with zero attached hydrogens (tertiary/aromatic N) is 2. The molecule has 2 aromatic rings. The van der Waals surface area contributed by atoms with Crippen LogP contribution in [-0.2, 0) is 30.7 Å². The van der Waals surface area contributed by atoms with Gasteiger partial charge < -0.3 is 15.4 Å². The Hall–Kier alpha value is -1.19. The molecule has 0 unspecified atom stereocenters. The van der Waals surface area contributed by atoms with Gasteiger partial charge in [-0.1, -0.05) is 31.2 Å². The van der Waals surface area contributed by atoms with E-state index >= 15 is 0 Å². The number of methoxy groups -OCH3 is 1. The predicted octanol–water partition coefficient (Wildman–Crippen LogP) is 3.77. The van der Waals surface area contributed by atoms with Crippen molar-refractivity contribution in [3.63, 3.8) is 0 Å². The average Bonchev–Trinajstić information content (AvgIpc) is 3.08. The van der Waals surface area contributed by atoms with Gasteiger partial charge in [-0.25, -0.2) is 9.98 Å². The number of rotatable bonds is 9. The molecule has 144 valence electrons. The summed E-state index contributed by atoms with van der Waals surface area (Å²) in [5.41, 5.74) is 2.35. The first kappa shape index (κ1) is 22.9. The normalized spacial score (nSPS) is 11.1. The highest BCUT2D eigenvalue weighted by molar-refractivity contribution is 14.0. The van der Waals surface area contributed by atoms with Crippen molar-refractivity contribution in [1.29, 1.82) is 0 Å². The Morgan fingerprint density at radius 1 is 1.23 bits per heavy atom. The van der Waals surface area contributed by atoms with Gasteiger partial charge in [-0.05, 0) is 24.5 Å². The summed E-state index contributed by atoms with van der Waals surface area (Å²) in [7, 11) is 1.71. The number of aryl methyl sites for hydroxylation is 1. The van der Waals surface area contributed by atoms with Crippen molar-refractivity contribution in [2.45, 2.75) is 39.8 Å². The molecule has 0 fully saturated rings. The van der Waals surface area contributed by atoms with Gasteiger partial charge in [0, 0.05) is 37.7 Å². The van der Waals surface area contributed by atoms with E-state index in [9.17, 15) is 0 Å². The van der Waals surface area contributed by atoms with Gasteiger partial charge in [-0.3, -0.25) is 0 Å². The van der Waals surface area contributed by atoms with Crippen LogP contribution in [0.3, 0.4) is 0 Å². The first-order valence-corrected chi connectivity index (χ1v) is 9.59. The van der Waals surface area contributed by atoms with Crippen LogP contribution in [0.4, 0.5) is 0 Å². The van der Waals surface area contributed by atoms with Crippen molar-refractivity contribution in [3.05, 3.63) is 51.5 Å². The fourth-order valence-electron chi connectivity index (χ4n) is 2.41. The number of aliphatic imine (C=N–C) groups is 1. The second-order valence-electron chi connectivity index (χ2n) is 5.70. The number of hydrogen-bond donors (Lipinski definition) is 2. The summed E-state index contributed by atoms with van der Waals surface area (Å²) in [5.74, 6) is 0.840. The summed E-state index contributed by atoms with van der Waals surface area (Å²) in [6.07, 6.45) is 3.95. The first-order chi connectivity index (χ1) is 12.2. The second-order valence-corrected chi connectivity index (χ2v) is 6.90. The Kier molecular flexibility index (Phi) is 11.5. The van der Waals surface area contributed by atoms with Crippen LogP contribution in [-0.4, -0.2) is 31.1 Å². The third-order valence-electron chi connectivity index (χ3n) is 3.65. The molecule has 26 heavy (non-hydrogen) atoms. The molecular formula is C19H29IN4OS. The maximum Gasteiger partial charge on any atom is 0.191 e. The van der Waals surface area contributed by atoms with E-state index in [2.05, 4.69) is 52.7 Å². The number of guanidine groups is 1. The standard InChI is InChI=1S/C19H28N4OS.HI/c1-4-17-13-22-18(25-17)9-10-21-19(20-5-2)23-12-15-7-6-8-16(11-15)14-24-3;/h6-8,11,13H,4-5,9-10,12,14H2,1-3H3,(H2,20,21,23);1H. The Bertz CT molecular complexity index is 675. The molecule has 2 N–H and O–H groups in total. The molecule has 0 amide bonds. The lowest BCUT2D eigenvalue weighted by atomic mass is 10.1. The SMILES string of the molecule is CCNC(=NCc1cccc(COC)c1)NCCc1ncc(CC)s1.I. The summed E-state index contributed by atoms with van der Waals surface area (Å²) >= 11 is 1.79. The van der Waals surface area contributed by atoms with E-state index in [1.54, 1.807) is 18.4 Å². The maximum absolute atomic E-state index is 5.19. The lowest BCUT2D eigenvalue weighted by molar-refractivity contribution is 0.185. The van der Waals surface area contributed by atoms with Gasteiger partial charge in [0.2, 0.25) is 0 Å². The Morgan fingerprint density at radius 3 is 2.73 bits per heavy atom. The number of thiazole rings is 1. The van der Waals surface area contributed by atoms with Crippen LogP contribution >= 0.6 is 35.3 Å². The fourth-order valence-corrected chi connectivity index (χ4v) is 3.27. The molecule has 0 spiro atoms. The molecule has 2 rings (SSSR count). The number of benzene rings is 1. The molecule has 0 atom stereocenters. The van der Waals surface area contributed by atoms with Crippen LogP contribution in [0.2, 0.25) is 0 Å². The smallest absolute Gasteiger partial charge is 0.191 e. The zero-order valence-corrected chi connectivity index (χ0v) is 18.9. The summed E-state index contributed by atoms with van der Waals surface area (Å²) in [4.78, 5) is 10.5. The van der Waals surface area contributed by atoms with E-state index < -0.39 is 0 Å². The van der Waals surface area contributed by atoms with Gasteiger partial charge in [0.25, 0.3) is 0 Å². The number of ether oxygens (including phenoxy) is 1. The van der Waals surface area contributed by atoms with Crippen LogP contribution in [0, 0.1) is 0 Å². The van der Waals surface area contributed by atoms with E-state index in [0.717, 1.165) is 31.9 Å². The largest absolute Gasteiger partial charge is 0.380 e. The molecule has 5 nitrogen and oxygen atoms in total. The zero-order valence-electron chi connectivity index (χ0n) is 15.7. The lowest BCUT2D eigenvalue weighted by Crippen LogP contribution is -2.38. The van der Waals surface area contributed by atoms with Crippen LogP contribution < -0.4 is 10.6 Å². The molecule has 1 aromatic carbocycles. The van der Waals surface area contributed by atoms with Crippen molar-refractivity contribution >= 4 is 41.3 Å². The monoisotopic (exact) mass is 488 g/mol. The highest BCUT2D eigenvalue weighted by Crippen LogP contribution is 2.13. The minimum Gasteiger partial charge on any atom is -0.380 e. The van der Waals surface area contributed by atoms with Crippen molar-refractivity contribution < 1.29 is 4.74 Å². The molecule has 0 saturated carbocycles. The minimum atomic E-state index is 0. The molecular weight excluding hydrogens is 459 g/mol. The van der Waals surface area contributed by atoms with Crippen molar-refractivity contribution in [3.8, 4) is 0 Å². The molecule has 1 heterocycles. The van der Waals surface area contributed by atoms with Crippen LogP contribution in [0.1, 0.15) is 34.9 Å². The van der Waals surface area contributed by atoms with Gasteiger partial charge >= 0.3 is 0 Å². The third-order valence-corrected chi connectivity index (χ3v) is 4.85. The second kappa shape index (κ2) is 13.1. The number of aromatic nitrogens is 1. The molecule has 1 aromatic heterocycles. The number of halogens is 1. The summed E-state index contributed by atoms with van der Waals surface area (Å²) in [6, 6.07) is 8.35. The minimum absolute atomic E-state index is 0. The third kappa shape index (κ3) is 8.01. The Morgan fingerprint density at radius 2 is 2.04 bits per heavy atom. The van der Waals surface area contributed by atoms with Gasteiger partial charge in [0.1, 0.15) is 0 Å². The van der Waals surface area contributed by atoms with Crippen molar-refractivity contribution in [1.82, 2.24) is 15.6 Å². The molecule has 7 heteroatoms. The van der Waals surface area contributed by atoms with Gasteiger partial charge in [-0.15, -0.1) is 35.3 Å². The average molecular weight is 488 g/mol. The van der Waals surface area contributed by atoms with Crippen molar-refractivity contribution in [2.75, 3.05) is 20.2 Å². The van der Waals surface area contributed by atoms with Crippen LogP contribution in [0.25, 0.3) is 0 Å². The summed E-state index contributed by atoms with van der Waals surface area (Å²) in [6.45, 7) is 7.17. The van der Waals surface area contributed by atoms with Crippen molar-refractivity contribution in [2.24, 2.45) is 4.99 Å². The number of hydrogen-bond acceptors (Lipinski definition) is 4. The quantitative estimate of drug-likeness (QED) is 0.321. The van der Waals surface area contributed by atoms with E-state index in [4.69, 9.17) is 4.74 Å². The highest BCUT2D eigenvalue weighted by Gasteiger charge is 2.02. The summed E-state index contributed by atoms with van der Waals surface area (Å²) < 4.78 is 5.19. The fraction of sp³-hybridized carbons (Fsp3) is 0.474. The zero-order chi connectivity index (χ0) is 17.9. The molecule has 0 radical (unpaired) electrons. The van der Waals surface area contributed by atoms with Gasteiger partial charge in [-0.2, -0.15) is 0 Å². The van der Waals surface area contributed by atoms with E-state index in [0.29, 0.717) is 13.2 Å². The highest BCUT2D eigenvalue weighted by atomic mass is 127. The van der Waals surface area contributed by atoms with Gasteiger partial charge in [0.05, 0.1) is 18.2 Å². The Labute approximate surface area is 177 Å². The number of nitrogens with one attached hydrogen (secondary N) is 2. The van der Waals surface area contributed by atoms with E-state index in [1.165, 1.54) is 21.0 Å².